The van der Waals surface area contributed by atoms with Gasteiger partial charge in [0, 0.05) is 101 Å². The van der Waals surface area contributed by atoms with Crippen LogP contribution in [0.3, 0.4) is 0 Å². The molecule has 6 heterocycles. The number of aliphatic hydroxyl groups excluding tert-OH is 6. The van der Waals surface area contributed by atoms with Crippen molar-refractivity contribution in [3.8, 4) is 38.3 Å². The van der Waals surface area contributed by atoms with E-state index in [9.17, 15) is 79.4 Å². The number of carbonyl (C=O) groups is 8. The molecule has 14 N–H and O–H groups in total. The Kier molecular flexibility index (Phi) is 26.1. The number of aliphatic hydroxyl groups is 6. The van der Waals surface area contributed by atoms with E-state index in [1.54, 1.807) is 23.0 Å². The van der Waals surface area contributed by atoms with E-state index in [0.717, 1.165) is 67.3 Å². The van der Waals surface area contributed by atoms with Crippen molar-refractivity contribution in [1.29, 1.82) is 0 Å². The van der Waals surface area contributed by atoms with E-state index in [1.807, 2.05) is 24.4 Å². The maximum absolute atomic E-state index is 14.7. The summed E-state index contributed by atoms with van der Waals surface area (Å²) in [5, 5.41) is 119. The zero-order chi connectivity index (χ0) is 70.8. The zero-order valence-electron chi connectivity index (χ0n) is 54.4. The molecule has 0 spiro atoms. The SMILES string of the molecule is CC(O)C1NC(=O)C(NC(=O)c2ccc(-c3nnc(-c4cnn(-c5ccc(CN6CCN(c7ccccc7)CC6)cc5)c4)s3)cc2)CC(O)CNC(=O)C2C(O)C(C)CN2C(=O)C(C(O)CC(N)=O)NC(=O)C(C(O)Cc2ccc(O)c(OSOO[O-])c2)NC(=O)C2CC(O)CN2C1=O.[Na+]. The number of fused-ring (bicyclic) bond motifs is 2. The van der Waals surface area contributed by atoms with Crippen molar-refractivity contribution in [2.24, 2.45) is 11.7 Å². The van der Waals surface area contributed by atoms with Crippen LogP contribution in [0.25, 0.3) is 26.8 Å². The van der Waals surface area contributed by atoms with Crippen LogP contribution in [0.4, 0.5) is 5.69 Å². The van der Waals surface area contributed by atoms with Gasteiger partial charge in [-0.25, -0.2) is 4.68 Å². The molecule has 4 fully saturated rings. The van der Waals surface area contributed by atoms with E-state index in [4.69, 9.17) is 9.92 Å². The summed E-state index contributed by atoms with van der Waals surface area (Å²) in [6.45, 7) is 5.43. The Hall–Kier alpha value is -8.24. The van der Waals surface area contributed by atoms with E-state index in [0.29, 0.717) is 21.1 Å². The Labute approximate surface area is 602 Å². The summed E-state index contributed by atoms with van der Waals surface area (Å²) in [7, 11) is 0. The monoisotopic (exact) mass is 1430 g/mol. The minimum atomic E-state index is -2.23. The number of para-hydroxylation sites is 1. The van der Waals surface area contributed by atoms with Crippen LogP contribution in [0, 0.1) is 5.92 Å². The van der Waals surface area contributed by atoms with Gasteiger partial charge >= 0.3 is 29.6 Å². The fourth-order valence-electron chi connectivity index (χ4n) is 12.3. The second kappa shape index (κ2) is 34.4. The predicted molar refractivity (Wildman–Crippen MR) is 349 cm³/mol. The average molecular weight is 1430 g/mol. The predicted octanol–water partition coefficient (Wildman–Crippen LogP) is -5.92. The van der Waals surface area contributed by atoms with Crippen molar-refractivity contribution in [3.63, 3.8) is 0 Å². The molecular weight excluding hydrogens is 1360 g/mol. The number of nitrogens with one attached hydrogen (secondary N) is 5. The van der Waals surface area contributed by atoms with Gasteiger partial charge in [-0.05, 0) is 66.6 Å². The molecule has 36 heteroatoms. The molecule has 528 valence electrons. The number of benzene rings is 4. The first-order valence-corrected chi connectivity index (χ1v) is 33.1. The summed E-state index contributed by atoms with van der Waals surface area (Å²) in [5.74, 6) is -11.2. The summed E-state index contributed by atoms with van der Waals surface area (Å²) in [6, 6.07) is 16.3. The molecule has 13 unspecified atom stereocenters. The van der Waals surface area contributed by atoms with E-state index >= 15 is 0 Å². The van der Waals surface area contributed by atoms with Gasteiger partial charge in [-0.15, -0.1) is 14.5 Å². The van der Waals surface area contributed by atoms with Gasteiger partial charge < -0.3 is 92.2 Å². The fraction of sp³-hybridized carbons (Fsp3) is 0.422. The Morgan fingerprint density at radius 1 is 0.750 bits per heavy atom. The number of β-amino-alcohol motifs (C(OH)–C–C–N with tert-alkyl or cyclic N) is 1. The Morgan fingerprint density at radius 2 is 1.41 bits per heavy atom. The molecule has 10 rings (SSSR count). The number of aromatic hydroxyl groups is 1. The second-order valence-electron chi connectivity index (χ2n) is 24.7. The van der Waals surface area contributed by atoms with Crippen LogP contribution in [0.2, 0.25) is 0 Å². The van der Waals surface area contributed by atoms with Gasteiger partial charge in [-0.2, -0.15) is 5.10 Å². The summed E-state index contributed by atoms with van der Waals surface area (Å²) >= 11 is 1.26. The van der Waals surface area contributed by atoms with Gasteiger partial charge in [0.15, 0.2) is 16.5 Å². The number of nitrogens with zero attached hydrogens (tertiary/aromatic N) is 8. The number of aromatic nitrogens is 4. The van der Waals surface area contributed by atoms with Gasteiger partial charge in [0.05, 0.1) is 60.5 Å². The Balaban J connectivity index is 0.0000117. The average Bonchev–Trinajstić information content (AvgIpc) is 1.62. The van der Waals surface area contributed by atoms with Crippen molar-refractivity contribution in [3.05, 3.63) is 126 Å². The first-order valence-electron chi connectivity index (χ1n) is 31.6. The molecule has 4 aliphatic rings. The zero-order valence-corrected chi connectivity index (χ0v) is 58.0. The van der Waals surface area contributed by atoms with Crippen molar-refractivity contribution in [2.45, 2.75) is 119 Å². The number of amides is 8. The number of hydrogen-bond acceptors (Lipinski definition) is 26. The fourth-order valence-corrected chi connectivity index (χ4v) is 13.3. The number of rotatable bonds is 19. The number of hydrogen-bond donors (Lipinski definition) is 13. The summed E-state index contributed by atoms with van der Waals surface area (Å²) < 4.78 is 10.9. The van der Waals surface area contributed by atoms with Gasteiger partial charge in [0.1, 0.15) is 41.3 Å². The van der Waals surface area contributed by atoms with E-state index < -0.39 is 177 Å². The first kappa shape index (κ1) is 76.0. The summed E-state index contributed by atoms with van der Waals surface area (Å²) in [6.07, 6.45) is -10.2. The molecule has 0 radical (unpaired) electrons. The molecule has 33 nitrogen and oxygen atoms in total. The molecule has 2 aromatic heterocycles. The molecule has 4 saturated heterocycles. The minimum absolute atomic E-state index is 0. The molecular formula is C64H75N14NaO19S2. The maximum Gasteiger partial charge on any atom is 1.00 e. The second-order valence-corrected chi connectivity index (χ2v) is 26.1. The van der Waals surface area contributed by atoms with Crippen LogP contribution in [0.5, 0.6) is 11.5 Å². The van der Waals surface area contributed by atoms with Crippen LogP contribution in [0.15, 0.2) is 109 Å². The van der Waals surface area contributed by atoms with Crippen LogP contribution in [0.1, 0.15) is 54.6 Å². The molecule has 4 aromatic carbocycles. The summed E-state index contributed by atoms with van der Waals surface area (Å²) in [4.78, 5) is 120. The molecule has 100 heavy (non-hydrogen) atoms. The number of phenols is 1. The normalized spacial score (nSPS) is 24.6. The number of primary amides is 1. The molecule has 6 aromatic rings. The van der Waals surface area contributed by atoms with Crippen molar-refractivity contribution in [2.75, 3.05) is 50.7 Å². The quantitative estimate of drug-likeness (QED) is 0.0118. The Morgan fingerprint density at radius 3 is 2.09 bits per heavy atom. The largest absolute Gasteiger partial charge is 1.00 e. The van der Waals surface area contributed by atoms with Gasteiger partial charge in [-0.1, -0.05) is 66.8 Å². The van der Waals surface area contributed by atoms with Crippen LogP contribution in [-0.4, -0.2) is 236 Å². The number of phenolic OH excluding ortho intramolecular Hbond substituents is 1. The molecule has 0 saturated carbocycles. The van der Waals surface area contributed by atoms with Crippen molar-refractivity contribution >= 4 is 76.6 Å². The van der Waals surface area contributed by atoms with Crippen LogP contribution < -0.4 is 76.2 Å². The third-order valence-corrected chi connectivity index (χ3v) is 18.9. The number of anilines is 1. The number of piperazine rings is 1. The molecule has 8 amide bonds. The summed E-state index contributed by atoms with van der Waals surface area (Å²) in [5.41, 5.74) is 9.99. The van der Waals surface area contributed by atoms with E-state index in [1.165, 1.54) is 47.7 Å². The molecule has 13 atom stereocenters. The minimum Gasteiger partial charge on any atom is -0.691 e. The van der Waals surface area contributed by atoms with Crippen LogP contribution >= 0.6 is 23.7 Å². The third-order valence-electron chi connectivity index (χ3n) is 17.6. The van der Waals surface area contributed by atoms with E-state index in [2.05, 4.69) is 97.5 Å². The molecule has 0 bridgehead atoms. The number of nitrogens with two attached hydrogens (primary N) is 1. The van der Waals surface area contributed by atoms with Crippen LogP contribution in [-0.2, 0) is 55.9 Å². The number of carbonyl (C=O) groups excluding carboxylic acids is 8. The Bertz CT molecular complexity index is 3850. The van der Waals surface area contributed by atoms with Gasteiger partial charge in [0.2, 0.25) is 41.4 Å². The molecule has 4 aliphatic heterocycles. The third kappa shape index (κ3) is 18.6. The first-order chi connectivity index (χ1) is 47.4. The van der Waals surface area contributed by atoms with Crippen molar-refractivity contribution in [1.82, 2.24) is 61.3 Å². The van der Waals surface area contributed by atoms with Gasteiger partial charge in [0.25, 0.3) is 18.2 Å². The smallest absolute Gasteiger partial charge is 0.691 e. The van der Waals surface area contributed by atoms with Gasteiger partial charge in [-0.3, -0.25) is 48.3 Å². The maximum atomic E-state index is 14.7. The standard InChI is InChI=1S/C64H76N14O19S2.Na/c1-33-29-77-54(55(33)86)60(91)66-28-42(80)24-44(68-56(87)37-11-13-38(14-12-37)61-72-73-62(98-61)39-27-67-78(31-39)41-15-8-35(9-16-41)30-74-18-20-75(21-19-74)40-6-4-3-5-7-40)57(88)69-51(34(2)79)63(92)76-32-43(81)25-45(76)58(89)70-52(59(90)71-53(64(77)93)48(84)26-50(65)85)47(83)22-36-10-17-46(82)49(23-36)95-99-97-96-94;/h3-17,23,27,31,33-34,42-45,47-48,51-55,79-84,86,94H,18-22,24-26,28-30,32H2,1-2H3,(H2,65,85)(H,66,91)(H,68,87)(H,69,88)(H,70,89)(H,71,90);/q;+1/p-1. The topological polar surface area (TPSA) is 472 Å². The van der Waals surface area contributed by atoms with Crippen molar-refractivity contribution < 1.29 is 122 Å². The van der Waals surface area contributed by atoms with E-state index in [-0.39, 0.29) is 58.8 Å². The molecule has 0 aliphatic carbocycles.